The maximum Gasteiger partial charge on any atom is 0.317 e. The van der Waals surface area contributed by atoms with E-state index in [0.29, 0.717) is 19.2 Å². The van der Waals surface area contributed by atoms with Crippen LogP contribution in [0.15, 0.2) is 54.6 Å². The first-order chi connectivity index (χ1) is 15.6. The molecule has 7 heteroatoms. The second-order valence-corrected chi connectivity index (χ2v) is 8.41. The quantitative estimate of drug-likeness (QED) is 0.594. The highest BCUT2D eigenvalue weighted by Crippen LogP contribution is 2.27. The minimum atomic E-state index is -0.141. The lowest BCUT2D eigenvalue weighted by Gasteiger charge is -2.23. The molecule has 1 aliphatic rings. The SMILES string of the molecule is CN(Cc1ccccc1)C(=O)NCc1c(-c2ccc(OC3CCCCC3)cc2)nnn1C. The lowest BCUT2D eigenvalue weighted by molar-refractivity contribution is 0.155. The van der Waals surface area contributed by atoms with Gasteiger partial charge in [0.05, 0.1) is 18.3 Å². The van der Waals surface area contributed by atoms with Gasteiger partial charge in [-0.2, -0.15) is 0 Å². The van der Waals surface area contributed by atoms with Crippen molar-refractivity contribution in [1.29, 1.82) is 0 Å². The average Bonchev–Trinajstić information content (AvgIpc) is 3.19. The van der Waals surface area contributed by atoms with Gasteiger partial charge in [0.15, 0.2) is 0 Å². The maximum absolute atomic E-state index is 12.6. The number of hydrogen-bond donors (Lipinski definition) is 1. The molecule has 4 rings (SSSR count). The molecule has 0 unspecified atom stereocenters. The molecule has 0 bridgehead atoms. The topological polar surface area (TPSA) is 72.3 Å². The molecule has 1 aliphatic carbocycles. The first-order valence-electron chi connectivity index (χ1n) is 11.3. The van der Waals surface area contributed by atoms with Gasteiger partial charge in [-0.05, 0) is 55.5 Å². The Bertz CT molecular complexity index is 1010. The summed E-state index contributed by atoms with van der Waals surface area (Å²) in [5.41, 5.74) is 3.66. The number of nitrogens with zero attached hydrogens (tertiary/aromatic N) is 4. The minimum Gasteiger partial charge on any atom is -0.490 e. The largest absolute Gasteiger partial charge is 0.490 e. The molecule has 3 aromatic rings. The van der Waals surface area contributed by atoms with E-state index in [-0.39, 0.29) is 6.03 Å². The fourth-order valence-corrected chi connectivity index (χ4v) is 4.09. The van der Waals surface area contributed by atoms with Crippen molar-refractivity contribution < 1.29 is 9.53 Å². The molecular formula is C25H31N5O2. The second kappa shape index (κ2) is 10.3. The first-order valence-corrected chi connectivity index (χ1v) is 11.3. The van der Waals surface area contributed by atoms with Gasteiger partial charge < -0.3 is 15.0 Å². The van der Waals surface area contributed by atoms with E-state index >= 15 is 0 Å². The number of aromatic nitrogens is 3. The molecule has 2 aromatic carbocycles. The predicted molar refractivity (Wildman–Crippen MR) is 124 cm³/mol. The van der Waals surface area contributed by atoms with Crippen molar-refractivity contribution >= 4 is 6.03 Å². The van der Waals surface area contributed by atoms with E-state index in [0.717, 1.165) is 41.1 Å². The first kappa shape index (κ1) is 21.9. The highest BCUT2D eigenvalue weighted by atomic mass is 16.5. The van der Waals surface area contributed by atoms with E-state index in [4.69, 9.17) is 4.74 Å². The van der Waals surface area contributed by atoms with Crippen LogP contribution in [0.1, 0.15) is 43.4 Å². The Kier molecular flexibility index (Phi) is 7.04. The van der Waals surface area contributed by atoms with Gasteiger partial charge in [-0.25, -0.2) is 9.48 Å². The fraction of sp³-hybridized carbons (Fsp3) is 0.400. The zero-order valence-electron chi connectivity index (χ0n) is 18.8. The molecule has 32 heavy (non-hydrogen) atoms. The van der Waals surface area contributed by atoms with Gasteiger partial charge in [0.25, 0.3) is 0 Å². The minimum absolute atomic E-state index is 0.141. The van der Waals surface area contributed by atoms with Gasteiger partial charge in [0, 0.05) is 26.2 Å². The van der Waals surface area contributed by atoms with Gasteiger partial charge in [-0.1, -0.05) is 42.0 Å². The predicted octanol–water partition coefficient (Wildman–Crippen LogP) is 4.54. The number of nitrogens with one attached hydrogen (secondary N) is 1. The smallest absolute Gasteiger partial charge is 0.317 e. The van der Waals surface area contributed by atoms with Crippen molar-refractivity contribution in [2.75, 3.05) is 7.05 Å². The number of carbonyl (C=O) groups is 1. The van der Waals surface area contributed by atoms with Crippen LogP contribution in [0.5, 0.6) is 5.75 Å². The van der Waals surface area contributed by atoms with Crippen LogP contribution in [0.4, 0.5) is 4.79 Å². The molecule has 1 N–H and O–H groups in total. The van der Waals surface area contributed by atoms with Gasteiger partial charge in [-0.15, -0.1) is 5.10 Å². The van der Waals surface area contributed by atoms with Crippen LogP contribution in [-0.4, -0.2) is 39.1 Å². The van der Waals surface area contributed by atoms with Crippen molar-refractivity contribution in [1.82, 2.24) is 25.2 Å². The van der Waals surface area contributed by atoms with Crippen LogP contribution in [0, 0.1) is 0 Å². The standard InChI is InChI=1S/C25H31N5O2/c1-29(18-19-9-5-3-6-10-19)25(31)26-17-23-24(27-28-30(23)2)20-13-15-22(16-14-20)32-21-11-7-4-8-12-21/h3,5-6,9-10,13-16,21H,4,7-8,11-12,17-18H2,1-2H3,(H,26,31). The van der Waals surface area contributed by atoms with Gasteiger partial charge in [0.1, 0.15) is 11.4 Å². The summed E-state index contributed by atoms with van der Waals surface area (Å²) in [5, 5.41) is 11.5. The second-order valence-electron chi connectivity index (χ2n) is 8.41. The van der Waals surface area contributed by atoms with Crippen LogP contribution in [0.25, 0.3) is 11.3 Å². The van der Waals surface area contributed by atoms with E-state index in [1.807, 2.05) is 61.6 Å². The summed E-state index contributed by atoms with van der Waals surface area (Å²) in [6.07, 6.45) is 6.40. The van der Waals surface area contributed by atoms with Gasteiger partial charge in [-0.3, -0.25) is 0 Å². The molecule has 1 saturated carbocycles. The van der Waals surface area contributed by atoms with Crippen molar-refractivity contribution in [2.45, 2.75) is 51.3 Å². The summed E-state index contributed by atoms with van der Waals surface area (Å²) < 4.78 is 7.84. The lowest BCUT2D eigenvalue weighted by atomic mass is 9.98. The Morgan fingerprint density at radius 3 is 2.53 bits per heavy atom. The van der Waals surface area contributed by atoms with Crippen LogP contribution in [0.2, 0.25) is 0 Å². The van der Waals surface area contributed by atoms with Gasteiger partial charge >= 0.3 is 6.03 Å². The number of carbonyl (C=O) groups excluding carboxylic acids is 1. The molecular weight excluding hydrogens is 402 g/mol. The number of aryl methyl sites for hydroxylation is 1. The molecule has 7 nitrogen and oxygen atoms in total. The molecule has 1 aromatic heterocycles. The van der Waals surface area contributed by atoms with E-state index in [9.17, 15) is 4.79 Å². The van der Waals surface area contributed by atoms with Crippen molar-refractivity contribution in [3.63, 3.8) is 0 Å². The zero-order chi connectivity index (χ0) is 22.3. The summed E-state index contributed by atoms with van der Waals surface area (Å²) >= 11 is 0. The highest BCUT2D eigenvalue weighted by Gasteiger charge is 2.17. The Balaban J connectivity index is 1.38. The third kappa shape index (κ3) is 5.46. The zero-order valence-corrected chi connectivity index (χ0v) is 18.8. The molecule has 0 spiro atoms. The number of ether oxygens (including phenoxy) is 1. The molecule has 0 atom stereocenters. The van der Waals surface area contributed by atoms with Crippen LogP contribution < -0.4 is 10.1 Å². The number of urea groups is 1. The Morgan fingerprint density at radius 2 is 1.81 bits per heavy atom. The van der Waals surface area contributed by atoms with Crippen LogP contribution >= 0.6 is 0 Å². The molecule has 1 heterocycles. The molecule has 2 amide bonds. The number of rotatable bonds is 7. The molecule has 0 radical (unpaired) electrons. The Hall–Kier alpha value is -3.35. The number of hydrogen-bond acceptors (Lipinski definition) is 4. The number of benzene rings is 2. The number of amides is 2. The third-order valence-electron chi connectivity index (χ3n) is 5.94. The molecule has 1 fully saturated rings. The maximum atomic E-state index is 12.6. The summed E-state index contributed by atoms with van der Waals surface area (Å²) in [5.74, 6) is 0.891. The van der Waals surface area contributed by atoms with E-state index in [1.165, 1.54) is 19.3 Å². The molecule has 168 valence electrons. The summed E-state index contributed by atoms with van der Waals surface area (Å²) in [6, 6.07) is 17.8. The van der Waals surface area contributed by atoms with E-state index in [2.05, 4.69) is 15.6 Å². The van der Waals surface area contributed by atoms with Crippen molar-refractivity contribution in [3.8, 4) is 17.0 Å². The van der Waals surface area contributed by atoms with E-state index in [1.54, 1.807) is 16.6 Å². The molecule has 0 aliphatic heterocycles. The van der Waals surface area contributed by atoms with Crippen molar-refractivity contribution in [3.05, 3.63) is 65.9 Å². The monoisotopic (exact) mass is 433 g/mol. The highest BCUT2D eigenvalue weighted by molar-refractivity contribution is 5.74. The van der Waals surface area contributed by atoms with Crippen LogP contribution in [-0.2, 0) is 20.1 Å². The normalized spacial score (nSPS) is 14.2. The summed E-state index contributed by atoms with van der Waals surface area (Å²) in [6.45, 7) is 0.892. The average molecular weight is 434 g/mol. The van der Waals surface area contributed by atoms with E-state index < -0.39 is 0 Å². The van der Waals surface area contributed by atoms with Crippen molar-refractivity contribution in [2.24, 2.45) is 7.05 Å². The summed E-state index contributed by atoms with van der Waals surface area (Å²) in [7, 11) is 3.63. The third-order valence-corrected chi connectivity index (χ3v) is 5.94. The van der Waals surface area contributed by atoms with Gasteiger partial charge in [0.2, 0.25) is 0 Å². The summed E-state index contributed by atoms with van der Waals surface area (Å²) in [4.78, 5) is 14.2. The Morgan fingerprint density at radius 1 is 1.09 bits per heavy atom. The molecule has 0 saturated heterocycles. The Labute approximate surface area is 189 Å². The fourth-order valence-electron chi connectivity index (χ4n) is 4.09. The van der Waals surface area contributed by atoms with Crippen LogP contribution in [0.3, 0.4) is 0 Å². The lowest BCUT2D eigenvalue weighted by Crippen LogP contribution is -2.36.